The van der Waals surface area contributed by atoms with Crippen LogP contribution >= 0.6 is 0 Å². The van der Waals surface area contributed by atoms with Gasteiger partial charge in [0.1, 0.15) is 5.70 Å². The Morgan fingerprint density at radius 1 is 1.52 bits per heavy atom. The first-order valence-corrected chi connectivity index (χ1v) is 6.99. The molecular formula is C15H17N3O5. The number of nitro groups is 1. The highest BCUT2D eigenvalue weighted by Gasteiger charge is 2.57. The Labute approximate surface area is 132 Å². The van der Waals surface area contributed by atoms with E-state index in [1.807, 2.05) is 13.8 Å². The molecule has 0 saturated carbocycles. The number of allylic oxidation sites excluding steroid dienone is 1. The molecule has 8 heteroatoms. The predicted octanol–water partition coefficient (Wildman–Crippen LogP) is 1.66. The number of pyridine rings is 1. The summed E-state index contributed by atoms with van der Waals surface area (Å²) in [5.41, 5.74) is -2.53. The third-order valence-corrected chi connectivity index (χ3v) is 3.67. The highest BCUT2D eigenvalue weighted by atomic mass is 16.7. The van der Waals surface area contributed by atoms with Crippen molar-refractivity contribution in [2.24, 2.45) is 5.41 Å². The molecule has 1 aliphatic rings. The number of hydrogen-bond acceptors (Lipinski definition) is 6. The number of ether oxygens (including phenoxy) is 1. The largest absolute Gasteiger partial charge is 0.407 e. The maximum atomic E-state index is 12.3. The maximum absolute atomic E-state index is 12.3. The first kappa shape index (κ1) is 16.6. The Hall–Kier alpha value is -2.77. The van der Waals surface area contributed by atoms with E-state index in [4.69, 9.17) is 4.74 Å². The van der Waals surface area contributed by atoms with Crippen molar-refractivity contribution in [2.75, 3.05) is 0 Å². The summed E-state index contributed by atoms with van der Waals surface area (Å²) in [6.45, 7) is 3.66. The van der Waals surface area contributed by atoms with Crippen LogP contribution in [0.15, 0.2) is 36.3 Å². The summed E-state index contributed by atoms with van der Waals surface area (Å²) < 4.78 is 5.26. The van der Waals surface area contributed by atoms with Gasteiger partial charge >= 0.3 is 11.7 Å². The molecule has 122 valence electrons. The van der Waals surface area contributed by atoms with Gasteiger partial charge in [0.2, 0.25) is 6.41 Å². The minimum atomic E-state index is -2.13. The summed E-state index contributed by atoms with van der Waals surface area (Å²) in [5, 5.41) is 14.0. The Morgan fingerprint density at radius 3 is 2.83 bits per heavy atom. The zero-order valence-corrected chi connectivity index (χ0v) is 12.8. The average molecular weight is 319 g/mol. The van der Waals surface area contributed by atoms with E-state index in [1.165, 1.54) is 30.6 Å². The van der Waals surface area contributed by atoms with Crippen LogP contribution in [0.2, 0.25) is 0 Å². The SMILES string of the molecule is CC1(C)CC=C(NC=O)C(OC(=O)c2cccnc2)([N+](=O)[O-])C1. The molecule has 1 aromatic rings. The van der Waals surface area contributed by atoms with Crippen molar-refractivity contribution in [3.8, 4) is 0 Å². The predicted molar refractivity (Wildman–Crippen MR) is 79.7 cm³/mol. The Morgan fingerprint density at radius 2 is 2.26 bits per heavy atom. The second-order valence-corrected chi connectivity index (χ2v) is 6.10. The average Bonchev–Trinajstić information content (AvgIpc) is 2.50. The molecule has 8 nitrogen and oxygen atoms in total. The van der Waals surface area contributed by atoms with Gasteiger partial charge < -0.3 is 10.1 Å². The second-order valence-electron chi connectivity index (χ2n) is 6.10. The standard InChI is InChI=1S/C15H17N3O5/c1-14(2)6-5-12(17-10-19)15(9-14,18(21)22)23-13(20)11-4-3-7-16-8-11/h3-5,7-8,10H,6,9H2,1-2H3,(H,17,19). The highest BCUT2D eigenvalue weighted by molar-refractivity contribution is 5.89. The highest BCUT2D eigenvalue weighted by Crippen LogP contribution is 2.42. The van der Waals surface area contributed by atoms with Crippen molar-refractivity contribution in [2.45, 2.75) is 32.4 Å². The molecule has 0 aliphatic heterocycles. The molecule has 0 bridgehead atoms. The van der Waals surface area contributed by atoms with Gasteiger partial charge in [0.25, 0.3) is 0 Å². The van der Waals surface area contributed by atoms with Gasteiger partial charge in [-0.2, -0.15) is 0 Å². The van der Waals surface area contributed by atoms with Crippen LogP contribution in [-0.2, 0) is 9.53 Å². The molecule has 2 rings (SSSR count). The Bertz CT molecular complexity index is 656. The summed E-state index contributed by atoms with van der Waals surface area (Å²) in [6, 6.07) is 2.98. The van der Waals surface area contributed by atoms with Gasteiger partial charge in [-0.3, -0.25) is 19.9 Å². The van der Waals surface area contributed by atoms with Crippen molar-refractivity contribution in [3.63, 3.8) is 0 Å². The van der Waals surface area contributed by atoms with Crippen molar-refractivity contribution in [3.05, 3.63) is 52.0 Å². The molecule has 0 radical (unpaired) electrons. The lowest BCUT2D eigenvalue weighted by molar-refractivity contribution is -0.613. The van der Waals surface area contributed by atoms with Gasteiger partial charge in [-0.05, 0) is 24.0 Å². The molecule has 1 heterocycles. The van der Waals surface area contributed by atoms with E-state index in [-0.39, 0.29) is 17.7 Å². The fourth-order valence-electron chi connectivity index (χ4n) is 2.58. The molecule has 1 atom stereocenters. The number of carbonyl (C=O) groups excluding carboxylic acids is 2. The van der Waals surface area contributed by atoms with Crippen LogP contribution in [0.4, 0.5) is 0 Å². The Balaban J connectivity index is 2.42. The van der Waals surface area contributed by atoms with E-state index in [0.29, 0.717) is 12.8 Å². The number of nitrogens with zero attached hydrogens (tertiary/aromatic N) is 2. The lowest BCUT2D eigenvalue weighted by atomic mass is 9.75. The van der Waals surface area contributed by atoms with E-state index in [2.05, 4.69) is 10.3 Å². The van der Waals surface area contributed by atoms with E-state index < -0.39 is 22.0 Å². The normalized spacial score (nSPS) is 22.6. The van der Waals surface area contributed by atoms with E-state index in [9.17, 15) is 19.7 Å². The second kappa shape index (κ2) is 6.15. The Kier molecular flexibility index (Phi) is 4.44. The van der Waals surface area contributed by atoms with E-state index in [0.717, 1.165) is 0 Å². The van der Waals surface area contributed by atoms with Gasteiger partial charge in [0.15, 0.2) is 0 Å². The zero-order chi connectivity index (χ0) is 17.1. The third kappa shape index (κ3) is 3.36. The summed E-state index contributed by atoms with van der Waals surface area (Å²) in [7, 11) is 0. The maximum Gasteiger partial charge on any atom is 0.407 e. The summed E-state index contributed by atoms with van der Waals surface area (Å²) >= 11 is 0. The van der Waals surface area contributed by atoms with Gasteiger partial charge in [0, 0.05) is 12.4 Å². The molecule has 1 aromatic heterocycles. The van der Waals surface area contributed by atoms with Crippen LogP contribution in [0.3, 0.4) is 0 Å². The third-order valence-electron chi connectivity index (χ3n) is 3.67. The minimum Gasteiger partial charge on any atom is -0.387 e. The first-order valence-electron chi connectivity index (χ1n) is 6.99. The fourth-order valence-corrected chi connectivity index (χ4v) is 2.58. The lowest BCUT2D eigenvalue weighted by Gasteiger charge is -2.37. The van der Waals surface area contributed by atoms with Crippen molar-refractivity contribution in [1.29, 1.82) is 0 Å². The van der Waals surface area contributed by atoms with Crippen LogP contribution in [0, 0.1) is 15.5 Å². The van der Waals surface area contributed by atoms with E-state index in [1.54, 1.807) is 0 Å². The number of hydrogen-bond donors (Lipinski definition) is 1. The number of carbonyl (C=O) groups is 2. The molecule has 1 N–H and O–H groups in total. The molecule has 0 fully saturated rings. The summed E-state index contributed by atoms with van der Waals surface area (Å²) in [4.78, 5) is 37.9. The van der Waals surface area contributed by atoms with Crippen molar-refractivity contribution < 1.29 is 19.2 Å². The van der Waals surface area contributed by atoms with Crippen LogP contribution in [0.5, 0.6) is 0 Å². The molecule has 1 aliphatic carbocycles. The number of aromatic nitrogens is 1. The number of amides is 1. The van der Waals surface area contributed by atoms with Gasteiger partial charge in [-0.15, -0.1) is 0 Å². The van der Waals surface area contributed by atoms with Gasteiger partial charge in [0.05, 0.1) is 16.9 Å². The van der Waals surface area contributed by atoms with Gasteiger partial charge in [-0.1, -0.05) is 19.9 Å². The number of nitrogens with one attached hydrogen (secondary N) is 1. The topological polar surface area (TPSA) is 111 Å². The molecule has 1 unspecified atom stereocenters. The molecule has 0 saturated heterocycles. The monoisotopic (exact) mass is 319 g/mol. The number of esters is 1. The van der Waals surface area contributed by atoms with Crippen molar-refractivity contribution >= 4 is 12.4 Å². The smallest absolute Gasteiger partial charge is 0.387 e. The quantitative estimate of drug-likeness (QED) is 0.290. The fraction of sp³-hybridized carbons (Fsp3) is 0.400. The zero-order valence-electron chi connectivity index (χ0n) is 12.8. The molecule has 0 spiro atoms. The van der Waals surface area contributed by atoms with E-state index >= 15 is 0 Å². The molecule has 0 aromatic carbocycles. The molecule has 23 heavy (non-hydrogen) atoms. The minimum absolute atomic E-state index is 0.0333. The van der Waals surface area contributed by atoms with Crippen LogP contribution in [0.25, 0.3) is 0 Å². The lowest BCUT2D eigenvalue weighted by Crippen LogP contribution is -2.53. The van der Waals surface area contributed by atoms with Crippen LogP contribution < -0.4 is 5.32 Å². The van der Waals surface area contributed by atoms with Crippen LogP contribution in [-0.4, -0.2) is 28.0 Å². The summed E-state index contributed by atoms with van der Waals surface area (Å²) in [5.74, 6) is -0.869. The van der Waals surface area contributed by atoms with Crippen LogP contribution in [0.1, 0.15) is 37.0 Å². The van der Waals surface area contributed by atoms with Crippen molar-refractivity contribution in [1.82, 2.24) is 10.3 Å². The molecular weight excluding hydrogens is 302 g/mol. The first-order chi connectivity index (χ1) is 10.8. The van der Waals surface area contributed by atoms with Gasteiger partial charge in [-0.25, -0.2) is 4.79 Å². The molecule has 1 amide bonds. The summed E-state index contributed by atoms with van der Waals surface area (Å²) in [6.07, 6.45) is 5.07. The number of rotatable bonds is 5.